The largest absolute Gasteiger partial charge is 0.486 e. The molecule has 2 aromatic carbocycles. The van der Waals surface area contributed by atoms with Gasteiger partial charge >= 0.3 is 0 Å². The van der Waals surface area contributed by atoms with Crippen molar-refractivity contribution in [1.82, 2.24) is 5.43 Å². The van der Waals surface area contributed by atoms with Gasteiger partial charge in [0.25, 0.3) is 5.91 Å². The van der Waals surface area contributed by atoms with Crippen molar-refractivity contribution in [3.8, 4) is 11.5 Å². The average molecular weight is 317 g/mol. The molecular formula is C16H13ClN2O3. The highest BCUT2D eigenvalue weighted by molar-refractivity contribution is 6.33. The van der Waals surface area contributed by atoms with Crippen LogP contribution in [0.2, 0.25) is 5.02 Å². The molecule has 1 heterocycles. The van der Waals surface area contributed by atoms with E-state index < -0.39 is 0 Å². The first-order valence-corrected chi connectivity index (χ1v) is 7.09. The maximum Gasteiger partial charge on any atom is 0.272 e. The predicted octanol–water partition coefficient (Wildman–Crippen LogP) is 2.88. The smallest absolute Gasteiger partial charge is 0.272 e. The Morgan fingerprint density at radius 1 is 1.14 bits per heavy atom. The van der Waals surface area contributed by atoms with Gasteiger partial charge in [0.2, 0.25) is 0 Å². The second-order valence-corrected chi connectivity index (χ2v) is 4.99. The molecule has 0 aromatic heterocycles. The first kappa shape index (κ1) is 14.4. The quantitative estimate of drug-likeness (QED) is 0.699. The Morgan fingerprint density at radius 3 is 2.73 bits per heavy atom. The van der Waals surface area contributed by atoms with Gasteiger partial charge in [-0.05, 0) is 35.9 Å². The first-order valence-electron chi connectivity index (χ1n) is 6.71. The molecule has 0 atom stereocenters. The average Bonchev–Trinajstić information content (AvgIpc) is 2.55. The highest BCUT2D eigenvalue weighted by Gasteiger charge is 2.11. The van der Waals surface area contributed by atoms with Gasteiger partial charge in [-0.3, -0.25) is 4.79 Å². The summed E-state index contributed by atoms with van der Waals surface area (Å²) >= 11 is 5.95. The second kappa shape index (κ2) is 6.49. The Balaban J connectivity index is 1.67. The molecule has 0 saturated heterocycles. The van der Waals surface area contributed by atoms with E-state index in [0.29, 0.717) is 35.3 Å². The van der Waals surface area contributed by atoms with E-state index in [9.17, 15) is 4.79 Å². The fourth-order valence-corrected chi connectivity index (χ4v) is 2.23. The molecule has 0 aliphatic carbocycles. The second-order valence-electron chi connectivity index (χ2n) is 4.58. The van der Waals surface area contributed by atoms with Crippen molar-refractivity contribution in [2.75, 3.05) is 13.2 Å². The molecule has 22 heavy (non-hydrogen) atoms. The zero-order valence-electron chi connectivity index (χ0n) is 11.6. The molecule has 0 spiro atoms. The third kappa shape index (κ3) is 3.20. The number of carbonyl (C=O) groups excluding carboxylic acids is 1. The number of nitrogens with one attached hydrogen (secondary N) is 1. The summed E-state index contributed by atoms with van der Waals surface area (Å²) in [6, 6.07) is 12.2. The molecule has 1 aliphatic heterocycles. The van der Waals surface area contributed by atoms with Gasteiger partial charge in [0.05, 0.1) is 16.8 Å². The Hall–Kier alpha value is -2.53. The van der Waals surface area contributed by atoms with Crippen LogP contribution in [0.3, 0.4) is 0 Å². The Kier molecular flexibility index (Phi) is 4.25. The van der Waals surface area contributed by atoms with Gasteiger partial charge < -0.3 is 9.47 Å². The van der Waals surface area contributed by atoms with E-state index >= 15 is 0 Å². The van der Waals surface area contributed by atoms with Crippen LogP contribution in [0.15, 0.2) is 47.6 Å². The van der Waals surface area contributed by atoms with Gasteiger partial charge in [-0.1, -0.05) is 23.7 Å². The highest BCUT2D eigenvalue weighted by atomic mass is 35.5. The summed E-state index contributed by atoms with van der Waals surface area (Å²) in [4.78, 5) is 11.9. The number of hydrogen-bond acceptors (Lipinski definition) is 4. The summed E-state index contributed by atoms with van der Waals surface area (Å²) in [5.74, 6) is 1.02. The lowest BCUT2D eigenvalue weighted by atomic mass is 10.2. The fourth-order valence-electron chi connectivity index (χ4n) is 2.01. The van der Waals surface area contributed by atoms with Crippen LogP contribution >= 0.6 is 11.6 Å². The molecule has 0 unspecified atom stereocenters. The van der Waals surface area contributed by atoms with Crippen LogP contribution in [-0.4, -0.2) is 25.3 Å². The monoisotopic (exact) mass is 316 g/mol. The van der Waals surface area contributed by atoms with Crippen molar-refractivity contribution in [3.05, 3.63) is 58.6 Å². The number of hydrazone groups is 1. The van der Waals surface area contributed by atoms with Crippen molar-refractivity contribution in [2.24, 2.45) is 5.10 Å². The van der Waals surface area contributed by atoms with E-state index in [1.807, 2.05) is 12.1 Å². The Morgan fingerprint density at radius 2 is 1.91 bits per heavy atom. The number of halogens is 1. The van der Waals surface area contributed by atoms with Gasteiger partial charge in [0, 0.05) is 0 Å². The van der Waals surface area contributed by atoms with Gasteiger partial charge in [-0.2, -0.15) is 5.10 Å². The fraction of sp³-hybridized carbons (Fsp3) is 0.125. The van der Waals surface area contributed by atoms with Crippen LogP contribution in [0, 0.1) is 0 Å². The number of amides is 1. The summed E-state index contributed by atoms with van der Waals surface area (Å²) < 4.78 is 10.9. The van der Waals surface area contributed by atoms with E-state index in [2.05, 4.69) is 10.5 Å². The molecule has 0 saturated carbocycles. The molecule has 112 valence electrons. The van der Waals surface area contributed by atoms with E-state index in [0.717, 1.165) is 5.56 Å². The van der Waals surface area contributed by atoms with Crippen LogP contribution < -0.4 is 14.9 Å². The number of rotatable bonds is 3. The van der Waals surface area contributed by atoms with Crippen molar-refractivity contribution in [1.29, 1.82) is 0 Å². The summed E-state index contributed by atoms with van der Waals surface area (Å²) in [6.07, 6.45) is 1.53. The number of ether oxygens (including phenoxy) is 2. The lowest BCUT2D eigenvalue weighted by Crippen LogP contribution is -2.18. The Bertz CT molecular complexity index is 731. The molecule has 0 bridgehead atoms. The number of hydrogen-bond donors (Lipinski definition) is 1. The minimum Gasteiger partial charge on any atom is -0.486 e. The molecule has 0 fully saturated rings. The van der Waals surface area contributed by atoms with Gasteiger partial charge in [0.15, 0.2) is 11.5 Å². The van der Waals surface area contributed by atoms with Crippen LogP contribution in [0.4, 0.5) is 0 Å². The molecular weight excluding hydrogens is 304 g/mol. The normalized spacial score (nSPS) is 13.1. The first-order chi connectivity index (χ1) is 10.7. The van der Waals surface area contributed by atoms with Crippen molar-refractivity contribution < 1.29 is 14.3 Å². The van der Waals surface area contributed by atoms with Crippen LogP contribution in [-0.2, 0) is 0 Å². The Labute approximate surface area is 132 Å². The van der Waals surface area contributed by atoms with Gasteiger partial charge in [-0.15, -0.1) is 0 Å². The lowest BCUT2D eigenvalue weighted by Gasteiger charge is -2.18. The molecule has 3 rings (SSSR count). The maximum atomic E-state index is 11.9. The number of fused-ring (bicyclic) bond motifs is 1. The highest BCUT2D eigenvalue weighted by Crippen LogP contribution is 2.30. The van der Waals surface area contributed by atoms with E-state index in [4.69, 9.17) is 21.1 Å². The van der Waals surface area contributed by atoms with Gasteiger partial charge in [0.1, 0.15) is 13.2 Å². The van der Waals surface area contributed by atoms with Crippen LogP contribution in [0.25, 0.3) is 0 Å². The molecule has 0 radical (unpaired) electrons. The van der Waals surface area contributed by atoms with Crippen LogP contribution in [0.1, 0.15) is 15.9 Å². The summed E-state index contributed by atoms with van der Waals surface area (Å²) in [5.41, 5.74) is 3.62. The number of carbonyl (C=O) groups is 1. The maximum absolute atomic E-state index is 11.9. The van der Waals surface area contributed by atoms with Gasteiger partial charge in [-0.25, -0.2) is 5.43 Å². The zero-order valence-corrected chi connectivity index (χ0v) is 12.3. The van der Waals surface area contributed by atoms with E-state index in [1.54, 1.807) is 30.3 Å². The molecule has 6 heteroatoms. The standard InChI is InChI=1S/C16H13ClN2O3/c17-13-4-2-1-3-12(13)16(20)19-18-10-11-5-6-14-15(9-11)22-8-7-21-14/h1-6,9-10H,7-8H2,(H,19,20)/b18-10+. The summed E-state index contributed by atoms with van der Waals surface area (Å²) in [5, 5.41) is 4.31. The topological polar surface area (TPSA) is 59.9 Å². The van der Waals surface area contributed by atoms with Crippen molar-refractivity contribution in [2.45, 2.75) is 0 Å². The molecule has 5 nitrogen and oxygen atoms in total. The SMILES string of the molecule is O=C(N/N=C/c1ccc2c(c1)OCCO2)c1ccccc1Cl. The minimum absolute atomic E-state index is 0.362. The lowest BCUT2D eigenvalue weighted by molar-refractivity contribution is 0.0955. The van der Waals surface area contributed by atoms with Crippen LogP contribution in [0.5, 0.6) is 11.5 Å². The third-order valence-corrected chi connectivity index (χ3v) is 3.39. The van der Waals surface area contributed by atoms with E-state index in [1.165, 1.54) is 6.21 Å². The summed E-state index contributed by atoms with van der Waals surface area (Å²) in [6.45, 7) is 1.07. The van der Waals surface area contributed by atoms with Crippen molar-refractivity contribution >= 4 is 23.7 Å². The molecule has 2 aromatic rings. The summed E-state index contributed by atoms with van der Waals surface area (Å²) in [7, 11) is 0. The van der Waals surface area contributed by atoms with Crippen molar-refractivity contribution in [3.63, 3.8) is 0 Å². The molecule has 1 N–H and O–H groups in total. The van der Waals surface area contributed by atoms with E-state index in [-0.39, 0.29) is 5.91 Å². The minimum atomic E-state index is -0.362. The third-order valence-electron chi connectivity index (χ3n) is 3.06. The predicted molar refractivity (Wildman–Crippen MR) is 83.9 cm³/mol. The molecule has 1 aliphatic rings. The number of benzene rings is 2. The number of nitrogens with zero attached hydrogens (tertiary/aromatic N) is 1. The molecule has 1 amide bonds. The zero-order chi connectivity index (χ0) is 15.4.